The molecule has 0 radical (unpaired) electrons. The first kappa shape index (κ1) is 12.6. The van der Waals surface area contributed by atoms with Gasteiger partial charge in [-0.3, -0.25) is 4.68 Å². The Hall–Kier alpha value is -0.830. The van der Waals surface area contributed by atoms with Crippen LogP contribution in [0.4, 0.5) is 0 Å². The van der Waals surface area contributed by atoms with Gasteiger partial charge in [-0.25, -0.2) is 0 Å². The molecule has 17 heavy (non-hydrogen) atoms. The molecule has 1 aliphatic carbocycles. The minimum atomic E-state index is -0.0255. The number of aryl methyl sites for hydroxylation is 2. The molecule has 1 aromatic rings. The molecular formula is C14H25N3. The lowest BCUT2D eigenvalue weighted by atomic mass is 9.86. The molecule has 0 aromatic carbocycles. The van der Waals surface area contributed by atoms with Gasteiger partial charge in [-0.1, -0.05) is 20.8 Å². The van der Waals surface area contributed by atoms with E-state index in [1.54, 1.807) is 0 Å². The molecule has 1 aliphatic rings. The van der Waals surface area contributed by atoms with Crippen LogP contribution in [0.15, 0.2) is 6.07 Å². The third kappa shape index (κ3) is 2.71. The molecule has 1 saturated carbocycles. The first-order valence-electron chi connectivity index (χ1n) is 6.64. The van der Waals surface area contributed by atoms with Crippen molar-refractivity contribution in [2.75, 3.05) is 0 Å². The fraction of sp³-hybridized carbons (Fsp3) is 0.786. The van der Waals surface area contributed by atoms with Gasteiger partial charge in [0.2, 0.25) is 0 Å². The minimum Gasteiger partial charge on any atom is -0.325 e. The fourth-order valence-electron chi connectivity index (χ4n) is 3.14. The third-order valence-electron chi connectivity index (χ3n) is 4.05. The predicted molar refractivity (Wildman–Crippen MR) is 70.8 cm³/mol. The molecule has 1 fully saturated rings. The summed E-state index contributed by atoms with van der Waals surface area (Å²) in [5.74, 6) is 0. The van der Waals surface area contributed by atoms with E-state index >= 15 is 0 Å². The summed E-state index contributed by atoms with van der Waals surface area (Å²) < 4.78 is 2.00. The van der Waals surface area contributed by atoms with Crippen LogP contribution >= 0.6 is 0 Å². The second kappa shape index (κ2) is 4.13. The van der Waals surface area contributed by atoms with Gasteiger partial charge in [0.25, 0.3) is 0 Å². The molecule has 0 bridgehead atoms. The Kier molecular flexibility index (Phi) is 3.06. The number of rotatable bonds is 3. The van der Waals surface area contributed by atoms with Crippen molar-refractivity contribution in [3.63, 3.8) is 0 Å². The standard InChI is InChI=1S/C14H25N3/c1-5-11-8-12(17(4)16-11)9-14(15)7-6-13(2,3)10-14/h8H,5-7,9-10,15H2,1-4H3. The van der Waals surface area contributed by atoms with Crippen molar-refractivity contribution in [2.24, 2.45) is 18.2 Å². The van der Waals surface area contributed by atoms with Gasteiger partial charge >= 0.3 is 0 Å². The van der Waals surface area contributed by atoms with Gasteiger partial charge in [0.05, 0.1) is 5.69 Å². The first-order valence-corrected chi connectivity index (χ1v) is 6.64. The van der Waals surface area contributed by atoms with E-state index in [0.29, 0.717) is 5.41 Å². The first-order chi connectivity index (χ1) is 7.84. The van der Waals surface area contributed by atoms with Crippen LogP contribution in [0.25, 0.3) is 0 Å². The predicted octanol–water partition coefficient (Wildman–Crippen LogP) is 2.43. The number of nitrogens with zero attached hydrogens (tertiary/aromatic N) is 2. The van der Waals surface area contributed by atoms with Crippen LogP contribution in [0.2, 0.25) is 0 Å². The molecule has 96 valence electrons. The third-order valence-corrected chi connectivity index (χ3v) is 4.05. The van der Waals surface area contributed by atoms with Crippen molar-refractivity contribution in [2.45, 2.75) is 58.4 Å². The van der Waals surface area contributed by atoms with Gasteiger partial charge in [0, 0.05) is 24.7 Å². The summed E-state index contributed by atoms with van der Waals surface area (Å²) in [6.45, 7) is 6.79. The van der Waals surface area contributed by atoms with Crippen molar-refractivity contribution in [3.8, 4) is 0 Å². The second-order valence-corrected chi connectivity index (χ2v) is 6.48. The lowest BCUT2D eigenvalue weighted by Gasteiger charge is -2.26. The highest BCUT2D eigenvalue weighted by atomic mass is 15.3. The van der Waals surface area contributed by atoms with Crippen LogP contribution in [0, 0.1) is 5.41 Å². The summed E-state index contributed by atoms with van der Waals surface area (Å²) in [6.07, 6.45) is 5.44. The van der Waals surface area contributed by atoms with E-state index in [1.807, 2.05) is 11.7 Å². The molecule has 2 rings (SSSR count). The number of aromatic nitrogens is 2. The monoisotopic (exact) mass is 235 g/mol. The lowest BCUT2D eigenvalue weighted by molar-refractivity contribution is 0.331. The summed E-state index contributed by atoms with van der Waals surface area (Å²) in [4.78, 5) is 0. The average molecular weight is 235 g/mol. The van der Waals surface area contributed by atoms with Gasteiger partial charge in [0.15, 0.2) is 0 Å². The fourth-order valence-corrected chi connectivity index (χ4v) is 3.14. The van der Waals surface area contributed by atoms with E-state index in [2.05, 4.69) is 31.9 Å². The van der Waals surface area contributed by atoms with Crippen LogP contribution < -0.4 is 5.73 Å². The van der Waals surface area contributed by atoms with Gasteiger partial charge in [-0.2, -0.15) is 5.10 Å². The maximum atomic E-state index is 6.55. The molecule has 1 unspecified atom stereocenters. The molecule has 0 aliphatic heterocycles. The molecule has 1 heterocycles. The topological polar surface area (TPSA) is 43.8 Å². The largest absolute Gasteiger partial charge is 0.325 e. The van der Waals surface area contributed by atoms with Crippen molar-refractivity contribution >= 4 is 0 Å². The molecule has 0 saturated heterocycles. The Balaban J connectivity index is 2.13. The van der Waals surface area contributed by atoms with Gasteiger partial charge in [-0.05, 0) is 37.2 Å². The Morgan fingerprint density at radius 2 is 2.12 bits per heavy atom. The van der Waals surface area contributed by atoms with Crippen molar-refractivity contribution in [1.29, 1.82) is 0 Å². The Bertz CT molecular complexity index is 406. The van der Waals surface area contributed by atoms with Crippen LogP contribution in [-0.2, 0) is 19.9 Å². The zero-order chi connectivity index (χ0) is 12.7. The summed E-state index contributed by atoms with van der Waals surface area (Å²) in [5.41, 5.74) is 9.37. The molecule has 1 atom stereocenters. The van der Waals surface area contributed by atoms with Crippen LogP contribution in [0.5, 0.6) is 0 Å². The number of hydrogen-bond acceptors (Lipinski definition) is 2. The summed E-state index contributed by atoms with van der Waals surface area (Å²) in [7, 11) is 2.03. The molecule has 3 heteroatoms. The van der Waals surface area contributed by atoms with Crippen LogP contribution in [0.1, 0.15) is 51.4 Å². The Labute approximate surface area is 104 Å². The summed E-state index contributed by atoms with van der Waals surface area (Å²) in [6, 6.07) is 2.21. The second-order valence-electron chi connectivity index (χ2n) is 6.48. The summed E-state index contributed by atoms with van der Waals surface area (Å²) in [5, 5.41) is 4.50. The minimum absolute atomic E-state index is 0.0255. The molecule has 3 nitrogen and oxygen atoms in total. The van der Waals surface area contributed by atoms with E-state index in [4.69, 9.17) is 5.73 Å². The Morgan fingerprint density at radius 1 is 1.41 bits per heavy atom. The van der Waals surface area contributed by atoms with Crippen molar-refractivity contribution < 1.29 is 0 Å². The van der Waals surface area contributed by atoms with Gasteiger partial charge < -0.3 is 5.73 Å². The van der Waals surface area contributed by atoms with Crippen LogP contribution in [-0.4, -0.2) is 15.3 Å². The van der Waals surface area contributed by atoms with Crippen molar-refractivity contribution in [3.05, 3.63) is 17.5 Å². The average Bonchev–Trinajstić information content (AvgIpc) is 2.69. The zero-order valence-electron chi connectivity index (χ0n) is 11.6. The Morgan fingerprint density at radius 3 is 2.59 bits per heavy atom. The molecular weight excluding hydrogens is 210 g/mol. The highest BCUT2D eigenvalue weighted by molar-refractivity contribution is 5.15. The van der Waals surface area contributed by atoms with E-state index in [9.17, 15) is 0 Å². The maximum Gasteiger partial charge on any atom is 0.0624 e. The van der Waals surface area contributed by atoms with E-state index < -0.39 is 0 Å². The highest BCUT2D eigenvalue weighted by Gasteiger charge is 2.40. The molecule has 2 N–H and O–H groups in total. The smallest absolute Gasteiger partial charge is 0.0624 e. The lowest BCUT2D eigenvalue weighted by Crippen LogP contribution is -2.40. The van der Waals surface area contributed by atoms with E-state index in [0.717, 1.165) is 25.7 Å². The molecule has 0 spiro atoms. The highest BCUT2D eigenvalue weighted by Crippen LogP contribution is 2.43. The van der Waals surface area contributed by atoms with Gasteiger partial charge in [-0.15, -0.1) is 0 Å². The van der Waals surface area contributed by atoms with E-state index in [-0.39, 0.29) is 5.54 Å². The molecule has 0 amide bonds. The molecule has 1 aromatic heterocycles. The number of nitrogens with two attached hydrogens (primary N) is 1. The maximum absolute atomic E-state index is 6.55. The van der Waals surface area contributed by atoms with Crippen molar-refractivity contribution in [1.82, 2.24) is 9.78 Å². The van der Waals surface area contributed by atoms with Crippen LogP contribution in [0.3, 0.4) is 0 Å². The SMILES string of the molecule is CCc1cc(CC2(N)CCC(C)(C)C2)n(C)n1. The zero-order valence-corrected chi connectivity index (χ0v) is 11.6. The summed E-state index contributed by atoms with van der Waals surface area (Å²) >= 11 is 0. The van der Waals surface area contributed by atoms with E-state index in [1.165, 1.54) is 17.8 Å². The normalized spacial score (nSPS) is 27.6. The van der Waals surface area contributed by atoms with Gasteiger partial charge in [0.1, 0.15) is 0 Å². The number of hydrogen-bond donors (Lipinski definition) is 1. The quantitative estimate of drug-likeness (QED) is 0.874.